The number of hydrazone groups is 1. The van der Waals surface area contributed by atoms with Gasteiger partial charge in [-0.2, -0.15) is 5.10 Å². The standard InChI is InChI=1S/C20H12Br2N4O5/c21-15-6-14(9-23-11-15)19(27)25-24-10-13-7-16(26(29)30)8-17(22)18(13)31-20(28)12-4-2-1-3-5-12/h1-11H,(H,25,27). The Labute approximate surface area is 192 Å². The van der Waals surface area contributed by atoms with Crippen molar-refractivity contribution in [2.75, 3.05) is 0 Å². The highest BCUT2D eigenvalue weighted by Crippen LogP contribution is 2.33. The average molecular weight is 548 g/mol. The van der Waals surface area contributed by atoms with Crippen LogP contribution >= 0.6 is 31.9 Å². The zero-order valence-electron chi connectivity index (χ0n) is 15.5. The zero-order valence-corrected chi connectivity index (χ0v) is 18.7. The van der Waals surface area contributed by atoms with Gasteiger partial charge in [-0.3, -0.25) is 19.9 Å². The monoisotopic (exact) mass is 546 g/mol. The van der Waals surface area contributed by atoms with Crippen LogP contribution in [0.5, 0.6) is 5.75 Å². The number of hydrogen-bond donors (Lipinski definition) is 1. The first-order valence-electron chi connectivity index (χ1n) is 8.54. The molecule has 9 nitrogen and oxygen atoms in total. The smallest absolute Gasteiger partial charge is 0.343 e. The molecular weight excluding hydrogens is 536 g/mol. The van der Waals surface area contributed by atoms with E-state index >= 15 is 0 Å². The number of nitro groups is 1. The van der Waals surface area contributed by atoms with Gasteiger partial charge in [0, 0.05) is 34.6 Å². The number of amides is 1. The van der Waals surface area contributed by atoms with Gasteiger partial charge in [0.05, 0.1) is 26.7 Å². The van der Waals surface area contributed by atoms with Gasteiger partial charge in [-0.25, -0.2) is 10.2 Å². The molecule has 3 rings (SSSR count). The molecule has 0 fully saturated rings. The fourth-order valence-corrected chi connectivity index (χ4v) is 3.30. The number of carbonyl (C=O) groups is 2. The SMILES string of the molecule is O=C(NN=Cc1cc([N+](=O)[O-])cc(Br)c1OC(=O)c1ccccc1)c1cncc(Br)c1. The molecule has 0 bridgehead atoms. The maximum Gasteiger partial charge on any atom is 0.343 e. The van der Waals surface area contributed by atoms with Gasteiger partial charge in [0.15, 0.2) is 5.75 Å². The molecule has 1 heterocycles. The van der Waals surface area contributed by atoms with Gasteiger partial charge >= 0.3 is 5.97 Å². The number of nitro benzene ring substituents is 1. The van der Waals surface area contributed by atoms with E-state index in [4.69, 9.17) is 4.74 Å². The van der Waals surface area contributed by atoms with Gasteiger partial charge in [0.2, 0.25) is 0 Å². The van der Waals surface area contributed by atoms with E-state index in [1.165, 1.54) is 24.5 Å². The molecule has 11 heteroatoms. The Kier molecular flexibility index (Phi) is 7.21. The minimum Gasteiger partial charge on any atom is -0.421 e. The Balaban J connectivity index is 1.88. The van der Waals surface area contributed by atoms with Crippen LogP contribution in [0, 0.1) is 10.1 Å². The summed E-state index contributed by atoms with van der Waals surface area (Å²) in [5.74, 6) is -1.19. The summed E-state index contributed by atoms with van der Waals surface area (Å²) in [6, 6.07) is 12.2. The fraction of sp³-hybridized carbons (Fsp3) is 0. The third-order valence-electron chi connectivity index (χ3n) is 3.81. The summed E-state index contributed by atoms with van der Waals surface area (Å²) >= 11 is 6.41. The number of nitrogens with one attached hydrogen (secondary N) is 1. The Bertz CT molecular complexity index is 1190. The number of hydrogen-bond acceptors (Lipinski definition) is 7. The van der Waals surface area contributed by atoms with Gasteiger partial charge in [-0.1, -0.05) is 18.2 Å². The van der Waals surface area contributed by atoms with Crippen molar-refractivity contribution < 1.29 is 19.2 Å². The number of non-ortho nitro benzene ring substituents is 1. The minimum absolute atomic E-state index is 0.0153. The lowest BCUT2D eigenvalue weighted by Gasteiger charge is -2.10. The van der Waals surface area contributed by atoms with Crippen molar-refractivity contribution >= 4 is 55.6 Å². The second-order valence-electron chi connectivity index (χ2n) is 5.95. The van der Waals surface area contributed by atoms with Crippen LogP contribution in [-0.4, -0.2) is 28.0 Å². The van der Waals surface area contributed by atoms with Crippen LogP contribution in [0.3, 0.4) is 0 Å². The normalized spacial score (nSPS) is 10.6. The lowest BCUT2D eigenvalue weighted by Crippen LogP contribution is -2.18. The fourth-order valence-electron chi connectivity index (χ4n) is 2.40. The molecule has 1 amide bonds. The number of nitrogens with zero attached hydrogens (tertiary/aromatic N) is 3. The number of carbonyl (C=O) groups excluding carboxylic acids is 2. The van der Waals surface area contributed by atoms with Crippen LogP contribution in [0.1, 0.15) is 26.3 Å². The first-order valence-corrected chi connectivity index (χ1v) is 10.1. The van der Waals surface area contributed by atoms with Crippen molar-refractivity contribution in [2.45, 2.75) is 0 Å². The number of halogens is 2. The maximum absolute atomic E-state index is 12.4. The molecule has 1 N–H and O–H groups in total. The molecule has 0 aliphatic carbocycles. The van der Waals surface area contributed by atoms with Crippen molar-refractivity contribution in [1.29, 1.82) is 0 Å². The van der Waals surface area contributed by atoms with E-state index in [2.05, 4.69) is 47.4 Å². The van der Waals surface area contributed by atoms with Crippen LogP contribution in [0.4, 0.5) is 5.69 Å². The van der Waals surface area contributed by atoms with Gasteiger partial charge in [0.1, 0.15) is 0 Å². The van der Waals surface area contributed by atoms with E-state index in [9.17, 15) is 19.7 Å². The number of rotatable bonds is 6. The minimum atomic E-state index is -0.658. The van der Waals surface area contributed by atoms with Gasteiger partial charge in [0.25, 0.3) is 11.6 Å². The third kappa shape index (κ3) is 5.80. The summed E-state index contributed by atoms with van der Waals surface area (Å²) in [5.41, 5.74) is 2.70. The third-order valence-corrected chi connectivity index (χ3v) is 4.83. The van der Waals surface area contributed by atoms with E-state index in [0.29, 0.717) is 10.0 Å². The maximum atomic E-state index is 12.4. The summed E-state index contributed by atoms with van der Waals surface area (Å²) in [6.45, 7) is 0. The first kappa shape index (κ1) is 22.2. The lowest BCUT2D eigenvalue weighted by molar-refractivity contribution is -0.385. The molecule has 0 radical (unpaired) electrons. The molecule has 0 atom stereocenters. The van der Waals surface area contributed by atoms with Crippen molar-refractivity contribution in [1.82, 2.24) is 10.4 Å². The van der Waals surface area contributed by atoms with Gasteiger partial charge in [-0.15, -0.1) is 0 Å². The van der Waals surface area contributed by atoms with Gasteiger partial charge < -0.3 is 4.74 Å². The van der Waals surface area contributed by atoms with Crippen molar-refractivity contribution in [2.24, 2.45) is 5.10 Å². The predicted octanol–water partition coefficient (Wildman–Crippen LogP) is 4.50. The van der Waals surface area contributed by atoms with Crippen molar-refractivity contribution in [3.05, 3.63) is 96.7 Å². The molecule has 31 heavy (non-hydrogen) atoms. The van der Waals surface area contributed by atoms with Crippen molar-refractivity contribution in [3.63, 3.8) is 0 Å². The second kappa shape index (κ2) is 10.0. The first-order chi connectivity index (χ1) is 14.8. The largest absolute Gasteiger partial charge is 0.421 e. The van der Waals surface area contributed by atoms with E-state index in [1.807, 2.05) is 0 Å². The Morgan fingerprint density at radius 1 is 1.10 bits per heavy atom. The summed E-state index contributed by atoms with van der Waals surface area (Å²) in [5, 5.41) is 15.0. The molecule has 0 unspecified atom stereocenters. The Morgan fingerprint density at radius 2 is 1.84 bits per heavy atom. The van der Waals surface area contributed by atoms with Crippen LogP contribution < -0.4 is 10.2 Å². The summed E-state index contributed by atoms with van der Waals surface area (Å²) in [6.07, 6.45) is 4.02. The van der Waals surface area contributed by atoms with Crippen LogP contribution in [0.2, 0.25) is 0 Å². The van der Waals surface area contributed by atoms with E-state index in [0.717, 1.165) is 6.21 Å². The van der Waals surface area contributed by atoms with E-state index < -0.39 is 16.8 Å². The Hall–Kier alpha value is -3.44. The number of pyridine rings is 1. The molecule has 0 saturated carbocycles. The molecule has 2 aromatic carbocycles. The number of benzene rings is 2. The van der Waals surface area contributed by atoms with E-state index in [1.54, 1.807) is 36.4 Å². The number of ether oxygens (including phenoxy) is 1. The lowest BCUT2D eigenvalue weighted by atomic mass is 10.2. The number of aromatic nitrogens is 1. The van der Waals surface area contributed by atoms with Crippen LogP contribution in [0.15, 0.2) is 75.0 Å². The highest BCUT2D eigenvalue weighted by atomic mass is 79.9. The second-order valence-corrected chi connectivity index (χ2v) is 7.72. The highest BCUT2D eigenvalue weighted by molar-refractivity contribution is 9.10. The molecule has 1 aromatic heterocycles. The quantitative estimate of drug-likeness (QED) is 0.159. The summed E-state index contributed by atoms with van der Waals surface area (Å²) in [7, 11) is 0. The topological polar surface area (TPSA) is 124 Å². The predicted molar refractivity (Wildman–Crippen MR) is 119 cm³/mol. The van der Waals surface area contributed by atoms with Gasteiger partial charge in [-0.05, 0) is 50.1 Å². The molecule has 0 aliphatic rings. The van der Waals surface area contributed by atoms with E-state index in [-0.39, 0.29) is 27.0 Å². The molecule has 0 aliphatic heterocycles. The highest BCUT2D eigenvalue weighted by Gasteiger charge is 2.19. The molecule has 156 valence electrons. The molecule has 0 saturated heterocycles. The van der Waals surface area contributed by atoms with Crippen LogP contribution in [-0.2, 0) is 0 Å². The summed E-state index contributed by atoms with van der Waals surface area (Å²) < 4.78 is 6.22. The molecule has 0 spiro atoms. The Morgan fingerprint density at radius 3 is 2.52 bits per heavy atom. The average Bonchev–Trinajstić information content (AvgIpc) is 2.76. The molecule has 3 aromatic rings. The zero-order chi connectivity index (χ0) is 22.4. The number of esters is 1. The summed E-state index contributed by atoms with van der Waals surface area (Å²) in [4.78, 5) is 39.1. The van der Waals surface area contributed by atoms with Crippen molar-refractivity contribution in [3.8, 4) is 5.75 Å². The molecular formula is C20H12Br2N4O5. The van der Waals surface area contributed by atoms with Crippen LogP contribution in [0.25, 0.3) is 0 Å².